The van der Waals surface area contributed by atoms with E-state index in [4.69, 9.17) is 4.42 Å². The fraction of sp³-hybridized carbons (Fsp3) is 0.158. The van der Waals surface area contributed by atoms with Crippen molar-refractivity contribution in [3.05, 3.63) is 59.5 Å². The van der Waals surface area contributed by atoms with Crippen molar-refractivity contribution in [1.82, 2.24) is 4.98 Å². The summed E-state index contributed by atoms with van der Waals surface area (Å²) in [6, 6.07) is 10.1. The maximum Gasteiger partial charge on any atom is 0.293 e. The minimum atomic E-state index is -0.354. The summed E-state index contributed by atoms with van der Waals surface area (Å²) in [4.78, 5) is 39.3. The van der Waals surface area contributed by atoms with Crippen molar-refractivity contribution >= 4 is 57.3 Å². The van der Waals surface area contributed by atoms with Crippen molar-refractivity contribution < 1.29 is 18.8 Å². The van der Waals surface area contributed by atoms with E-state index in [-0.39, 0.29) is 29.2 Å². The summed E-state index contributed by atoms with van der Waals surface area (Å²) in [6.07, 6.45) is 1.43. The number of thioether (sulfide) groups is 1. The number of amides is 3. The Morgan fingerprint density at radius 2 is 1.79 bits per heavy atom. The molecule has 2 aromatic heterocycles. The summed E-state index contributed by atoms with van der Waals surface area (Å²) in [5, 5.41) is 10.5. The van der Waals surface area contributed by atoms with Crippen LogP contribution < -0.4 is 16.0 Å². The maximum atomic E-state index is 12.1. The zero-order valence-corrected chi connectivity index (χ0v) is 17.1. The summed E-state index contributed by atoms with van der Waals surface area (Å²) in [5.41, 5.74) is 2.10. The smallest absolute Gasteiger partial charge is 0.293 e. The summed E-state index contributed by atoms with van der Waals surface area (Å²) in [7, 11) is 0. The van der Waals surface area contributed by atoms with Gasteiger partial charge in [0.15, 0.2) is 10.9 Å². The number of rotatable bonds is 8. The van der Waals surface area contributed by atoms with Gasteiger partial charge in [-0.3, -0.25) is 19.7 Å². The molecule has 1 aromatic carbocycles. The normalized spacial score (nSPS) is 10.4. The van der Waals surface area contributed by atoms with Crippen LogP contribution in [0.1, 0.15) is 23.2 Å². The van der Waals surface area contributed by atoms with Gasteiger partial charge >= 0.3 is 0 Å². The SMILES string of the molecule is CC(=O)Nc1ccc(NC(=O)CSCc2csc(NC(=O)c3ccco3)n2)cc1. The van der Waals surface area contributed by atoms with E-state index >= 15 is 0 Å². The maximum absolute atomic E-state index is 12.1. The highest BCUT2D eigenvalue weighted by Gasteiger charge is 2.11. The van der Waals surface area contributed by atoms with E-state index in [1.54, 1.807) is 36.4 Å². The van der Waals surface area contributed by atoms with Crippen LogP contribution in [0.3, 0.4) is 0 Å². The molecule has 2 heterocycles. The van der Waals surface area contributed by atoms with Gasteiger partial charge in [-0.25, -0.2) is 4.98 Å². The molecule has 10 heteroatoms. The quantitative estimate of drug-likeness (QED) is 0.501. The van der Waals surface area contributed by atoms with Crippen LogP contribution in [-0.2, 0) is 15.3 Å². The molecule has 29 heavy (non-hydrogen) atoms. The average Bonchev–Trinajstić information content (AvgIpc) is 3.35. The Balaban J connectivity index is 1.40. The number of anilines is 3. The van der Waals surface area contributed by atoms with E-state index in [0.717, 1.165) is 5.69 Å². The number of benzene rings is 1. The molecule has 0 aliphatic heterocycles. The fourth-order valence-electron chi connectivity index (χ4n) is 2.28. The minimum absolute atomic E-state index is 0.135. The van der Waals surface area contributed by atoms with Gasteiger partial charge in [-0.05, 0) is 36.4 Å². The van der Waals surface area contributed by atoms with Gasteiger partial charge in [0.2, 0.25) is 11.8 Å². The third kappa shape index (κ3) is 6.47. The zero-order chi connectivity index (χ0) is 20.6. The Hall–Kier alpha value is -3.11. The van der Waals surface area contributed by atoms with Crippen molar-refractivity contribution in [2.75, 3.05) is 21.7 Å². The van der Waals surface area contributed by atoms with E-state index in [1.807, 2.05) is 5.38 Å². The summed E-state index contributed by atoms with van der Waals surface area (Å²) in [6.45, 7) is 1.44. The first-order chi connectivity index (χ1) is 14.0. The molecule has 3 rings (SSSR count). The minimum Gasteiger partial charge on any atom is -0.459 e. The largest absolute Gasteiger partial charge is 0.459 e. The van der Waals surface area contributed by atoms with E-state index in [0.29, 0.717) is 22.3 Å². The van der Waals surface area contributed by atoms with Crippen LogP contribution in [-0.4, -0.2) is 28.5 Å². The van der Waals surface area contributed by atoms with Crippen LogP contribution in [0, 0.1) is 0 Å². The topological polar surface area (TPSA) is 113 Å². The van der Waals surface area contributed by atoms with Gasteiger partial charge in [0, 0.05) is 29.4 Å². The number of carbonyl (C=O) groups excluding carboxylic acids is 3. The van der Waals surface area contributed by atoms with E-state index < -0.39 is 0 Å². The second-order valence-corrected chi connectivity index (χ2v) is 7.72. The van der Waals surface area contributed by atoms with E-state index in [9.17, 15) is 14.4 Å². The molecule has 0 unspecified atom stereocenters. The lowest BCUT2D eigenvalue weighted by atomic mass is 10.3. The zero-order valence-electron chi connectivity index (χ0n) is 15.4. The van der Waals surface area contributed by atoms with Crippen LogP contribution in [0.25, 0.3) is 0 Å². The number of carbonyl (C=O) groups is 3. The molecule has 8 nitrogen and oxygen atoms in total. The van der Waals surface area contributed by atoms with Crippen molar-refractivity contribution in [2.45, 2.75) is 12.7 Å². The lowest BCUT2D eigenvalue weighted by Crippen LogP contribution is -2.14. The Kier molecular flexibility index (Phi) is 7.04. The van der Waals surface area contributed by atoms with Gasteiger partial charge < -0.3 is 15.1 Å². The summed E-state index contributed by atoms with van der Waals surface area (Å²) < 4.78 is 5.04. The lowest BCUT2D eigenvalue weighted by molar-refractivity contribution is -0.114. The number of aromatic nitrogens is 1. The van der Waals surface area contributed by atoms with Crippen LogP contribution in [0.5, 0.6) is 0 Å². The number of thiazole rings is 1. The highest BCUT2D eigenvalue weighted by molar-refractivity contribution is 7.99. The average molecular weight is 431 g/mol. The Bertz CT molecular complexity index is 984. The first kappa shape index (κ1) is 20.6. The molecule has 0 fully saturated rings. The molecular formula is C19H18N4O4S2. The standard InChI is InChI=1S/C19H18N4O4S2/c1-12(24)20-13-4-6-14(7-5-13)21-17(25)11-28-9-15-10-29-19(22-15)23-18(26)16-3-2-8-27-16/h2-8,10H,9,11H2,1H3,(H,20,24)(H,21,25)(H,22,23,26). The second-order valence-electron chi connectivity index (χ2n) is 5.87. The van der Waals surface area contributed by atoms with E-state index in [1.165, 1.54) is 36.3 Å². The predicted molar refractivity (Wildman–Crippen MR) is 114 cm³/mol. The van der Waals surface area contributed by atoms with Crippen molar-refractivity contribution in [1.29, 1.82) is 0 Å². The Morgan fingerprint density at radius 1 is 1.07 bits per heavy atom. The molecule has 150 valence electrons. The lowest BCUT2D eigenvalue weighted by Gasteiger charge is -2.06. The molecule has 0 aliphatic rings. The first-order valence-electron chi connectivity index (χ1n) is 8.54. The van der Waals surface area contributed by atoms with Gasteiger partial charge in [-0.1, -0.05) is 0 Å². The molecule has 0 bridgehead atoms. The molecule has 0 radical (unpaired) electrons. The molecule has 0 saturated carbocycles. The first-order valence-corrected chi connectivity index (χ1v) is 10.6. The highest BCUT2D eigenvalue weighted by atomic mass is 32.2. The molecule has 0 atom stereocenters. The Morgan fingerprint density at radius 3 is 2.45 bits per heavy atom. The molecule has 0 spiro atoms. The van der Waals surface area contributed by atoms with Crippen molar-refractivity contribution in [2.24, 2.45) is 0 Å². The Labute approximate surface area is 175 Å². The third-order valence-electron chi connectivity index (χ3n) is 3.49. The van der Waals surface area contributed by atoms with Gasteiger partial charge in [-0.15, -0.1) is 23.1 Å². The van der Waals surface area contributed by atoms with Gasteiger partial charge in [0.25, 0.3) is 5.91 Å². The summed E-state index contributed by atoms with van der Waals surface area (Å²) >= 11 is 2.73. The van der Waals surface area contributed by atoms with Crippen LogP contribution >= 0.6 is 23.1 Å². The number of hydrogen-bond acceptors (Lipinski definition) is 7. The fourth-order valence-corrected chi connectivity index (χ4v) is 3.81. The van der Waals surface area contributed by atoms with Gasteiger partial charge in [0.1, 0.15) is 0 Å². The number of nitrogens with one attached hydrogen (secondary N) is 3. The molecule has 0 saturated heterocycles. The molecule has 3 aromatic rings. The number of hydrogen-bond donors (Lipinski definition) is 3. The molecule has 3 N–H and O–H groups in total. The van der Waals surface area contributed by atoms with Crippen LogP contribution in [0.2, 0.25) is 0 Å². The number of furan rings is 1. The second kappa shape index (κ2) is 9.89. The monoisotopic (exact) mass is 430 g/mol. The number of nitrogens with zero attached hydrogens (tertiary/aromatic N) is 1. The van der Waals surface area contributed by atoms with E-state index in [2.05, 4.69) is 20.9 Å². The van der Waals surface area contributed by atoms with Crippen LogP contribution in [0.4, 0.5) is 16.5 Å². The molecular weight excluding hydrogens is 412 g/mol. The summed E-state index contributed by atoms with van der Waals surface area (Å²) in [5.74, 6) is 0.388. The third-order valence-corrected chi connectivity index (χ3v) is 5.26. The highest BCUT2D eigenvalue weighted by Crippen LogP contribution is 2.21. The van der Waals surface area contributed by atoms with Crippen molar-refractivity contribution in [3.63, 3.8) is 0 Å². The van der Waals surface area contributed by atoms with Crippen LogP contribution in [0.15, 0.2) is 52.5 Å². The van der Waals surface area contributed by atoms with Gasteiger partial charge in [-0.2, -0.15) is 0 Å². The predicted octanol–water partition coefficient (Wildman–Crippen LogP) is 3.82. The van der Waals surface area contributed by atoms with Gasteiger partial charge in [0.05, 0.1) is 17.7 Å². The molecule has 0 aliphatic carbocycles. The molecule has 3 amide bonds. The van der Waals surface area contributed by atoms with Crippen molar-refractivity contribution in [3.8, 4) is 0 Å².